The molecular weight excluding hydrogens is 363 g/mol. The first kappa shape index (κ1) is 17.6. The maximum Gasteiger partial charge on any atom is 0.137 e. The van der Waals surface area contributed by atoms with Crippen molar-refractivity contribution in [2.24, 2.45) is 0 Å². The summed E-state index contributed by atoms with van der Waals surface area (Å²) in [5.41, 5.74) is 4.55. The monoisotopic (exact) mass is 380 g/mol. The number of aryl methyl sites for hydroxylation is 3. The molecule has 0 amide bonds. The number of hydrogen-bond donors (Lipinski definition) is 1. The Labute approximate surface area is 161 Å². The van der Waals surface area contributed by atoms with Crippen LogP contribution >= 0.6 is 11.6 Å². The molecule has 0 radical (unpaired) electrons. The van der Waals surface area contributed by atoms with Crippen molar-refractivity contribution in [2.45, 2.75) is 26.2 Å². The lowest BCUT2D eigenvalue weighted by atomic mass is 10.1. The molecule has 0 aliphatic carbocycles. The first-order valence-corrected chi connectivity index (χ1v) is 9.12. The van der Waals surface area contributed by atoms with Crippen molar-refractivity contribution >= 4 is 22.6 Å². The average Bonchev–Trinajstić information content (AvgIpc) is 3.06. The molecule has 3 heterocycles. The third-order valence-electron chi connectivity index (χ3n) is 4.61. The minimum absolute atomic E-state index is 0.169. The van der Waals surface area contributed by atoms with Gasteiger partial charge in [-0.05, 0) is 47.7 Å². The zero-order chi connectivity index (χ0) is 18.8. The number of aromatic nitrogens is 4. The Bertz CT molecular complexity index is 1090. The van der Waals surface area contributed by atoms with E-state index in [2.05, 4.69) is 19.9 Å². The molecule has 4 rings (SSSR count). The van der Waals surface area contributed by atoms with Crippen LogP contribution in [0.25, 0.3) is 11.0 Å². The van der Waals surface area contributed by atoms with Gasteiger partial charge in [0.25, 0.3) is 0 Å². The van der Waals surface area contributed by atoms with Crippen LogP contribution in [0.5, 0.6) is 0 Å². The van der Waals surface area contributed by atoms with Gasteiger partial charge in [0.05, 0.1) is 5.02 Å². The third kappa shape index (κ3) is 3.98. The number of benzene rings is 1. The molecule has 0 atom stereocenters. The van der Waals surface area contributed by atoms with Crippen LogP contribution in [-0.4, -0.2) is 19.9 Å². The summed E-state index contributed by atoms with van der Waals surface area (Å²) in [5, 5.41) is 1.62. The van der Waals surface area contributed by atoms with Crippen LogP contribution in [0.1, 0.15) is 28.1 Å². The van der Waals surface area contributed by atoms with E-state index in [9.17, 15) is 4.39 Å². The summed E-state index contributed by atoms with van der Waals surface area (Å²) in [5.74, 6) is 0.584. The molecule has 0 saturated carbocycles. The summed E-state index contributed by atoms with van der Waals surface area (Å²) in [6.45, 7) is 1.76. The second kappa shape index (κ2) is 7.45. The maximum absolute atomic E-state index is 13.6. The van der Waals surface area contributed by atoms with Gasteiger partial charge in [-0.1, -0.05) is 23.7 Å². The fourth-order valence-electron chi connectivity index (χ4n) is 3.05. The second-order valence-corrected chi connectivity index (χ2v) is 7.07. The highest BCUT2D eigenvalue weighted by atomic mass is 35.5. The van der Waals surface area contributed by atoms with E-state index in [1.807, 2.05) is 30.7 Å². The third-order valence-corrected chi connectivity index (χ3v) is 4.82. The molecule has 0 unspecified atom stereocenters. The Morgan fingerprint density at radius 1 is 1.00 bits per heavy atom. The van der Waals surface area contributed by atoms with Crippen molar-refractivity contribution in [3.05, 3.63) is 88.0 Å². The number of pyridine rings is 1. The Kier molecular flexibility index (Phi) is 4.86. The lowest BCUT2D eigenvalue weighted by molar-refractivity contribution is 0.615. The zero-order valence-corrected chi connectivity index (χ0v) is 15.6. The van der Waals surface area contributed by atoms with Crippen molar-refractivity contribution in [1.29, 1.82) is 0 Å². The molecule has 136 valence electrons. The van der Waals surface area contributed by atoms with Crippen molar-refractivity contribution in [3.8, 4) is 0 Å². The first-order valence-electron chi connectivity index (χ1n) is 8.75. The Hall–Kier alpha value is -2.79. The van der Waals surface area contributed by atoms with Gasteiger partial charge in [0.2, 0.25) is 0 Å². The van der Waals surface area contributed by atoms with E-state index in [0.29, 0.717) is 29.8 Å². The van der Waals surface area contributed by atoms with Gasteiger partial charge in [0.15, 0.2) is 0 Å². The summed E-state index contributed by atoms with van der Waals surface area (Å²) >= 11 is 6.05. The molecule has 0 spiro atoms. The van der Waals surface area contributed by atoms with E-state index in [0.717, 1.165) is 33.5 Å². The molecule has 1 N–H and O–H groups in total. The van der Waals surface area contributed by atoms with E-state index in [4.69, 9.17) is 11.6 Å². The fraction of sp³-hybridized carbons (Fsp3) is 0.190. The van der Waals surface area contributed by atoms with Gasteiger partial charge in [-0.15, -0.1) is 0 Å². The van der Waals surface area contributed by atoms with E-state index < -0.39 is 0 Å². The summed E-state index contributed by atoms with van der Waals surface area (Å²) in [7, 11) is 0. The van der Waals surface area contributed by atoms with Crippen LogP contribution in [0.15, 0.2) is 49.1 Å². The summed E-state index contributed by atoms with van der Waals surface area (Å²) < 4.78 is 13.6. The predicted molar refractivity (Wildman–Crippen MR) is 104 cm³/mol. The molecule has 1 aromatic carbocycles. The van der Waals surface area contributed by atoms with Crippen LogP contribution in [0.4, 0.5) is 4.39 Å². The van der Waals surface area contributed by atoms with Crippen molar-refractivity contribution in [1.82, 2.24) is 19.9 Å². The quantitative estimate of drug-likeness (QED) is 0.539. The van der Waals surface area contributed by atoms with Crippen LogP contribution < -0.4 is 0 Å². The molecule has 0 aliphatic rings. The van der Waals surface area contributed by atoms with Crippen molar-refractivity contribution < 1.29 is 4.39 Å². The topological polar surface area (TPSA) is 54.5 Å². The maximum atomic E-state index is 13.6. The molecule has 27 heavy (non-hydrogen) atoms. The van der Waals surface area contributed by atoms with Gasteiger partial charge in [0.1, 0.15) is 17.3 Å². The second-order valence-electron chi connectivity index (χ2n) is 6.63. The van der Waals surface area contributed by atoms with E-state index in [1.54, 1.807) is 25.3 Å². The smallest absolute Gasteiger partial charge is 0.137 e. The number of halogens is 2. The summed E-state index contributed by atoms with van der Waals surface area (Å²) in [4.78, 5) is 16.3. The molecule has 0 aliphatic heterocycles. The molecule has 3 aromatic heterocycles. The highest BCUT2D eigenvalue weighted by molar-refractivity contribution is 6.31. The van der Waals surface area contributed by atoms with Crippen LogP contribution in [0.2, 0.25) is 5.02 Å². The number of H-pyrrole nitrogens is 1. The van der Waals surface area contributed by atoms with Gasteiger partial charge in [-0.2, -0.15) is 0 Å². The average molecular weight is 381 g/mol. The predicted octanol–water partition coefficient (Wildman–Crippen LogP) is 4.83. The van der Waals surface area contributed by atoms with Gasteiger partial charge < -0.3 is 4.98 Å². The number of rotatable bonds is 5. The van der Waals surface area contributed by atoms with Gasteiger partial charge in [-0.3, -0.25) is 0 Å². The number of nitrogens with zero attached hydrogens (tertiary/aromatic N) is 3. The molecule has 0 saturated heterocycles. The number of nitrogens with one attached hydrogen (secondary N) is 1. The first-order chi connectivity index (χ1) is 13.1. The minimum atomic E-state index is -0.169. The number of fused-ring (bicyclic) bond motifs is 1. The molecular formula is C21H18ClFN4. The molecule has 6 heteroatoms. The standard InChI is InChI=1S/C21H18ClFN4/c1-13-2-3-14(7-19(13)23)4-5-20-24-9-15(10-25-20)6-16-11-26-21-18(16)8-17(22)12-27-21/h2-3,7-12H,4-6H2,1H3,(H,26,27). The van der Waals surface area contributed by atoms with E-state index in [-0.39, 0.29) is 5.82 Å². The molecule has 4 nitrogen and oxygen atoms in total. The van der Waals surface area contributed by atoms with Crippen molar-refractivity contribution in [2.75, 3.05) is 0 Å². The Morgan fingerprint density at radius 2 is 1.81 bits per heavy atom. The molecule has 0 fully saturated rings. The number of hydrogen-bond acceptors (Lipinski definition) is 3. The zero-order valence-electron chi connectivity index (χ0n) is 14.8. The van der Waals surface area contributed by atoms with Crippen LogP contribution in [-0.2, 0) is 19.3 Å². The number of aromatic amines is 1. The summed E-state index contributed by atoms with van der Waals surface area (Å²) in [6.07, 6.45) is 9.34. The molecule has 4 aromatic rings. The minimum Gasteiger partial charge on any atom is -0.346 e. The summed E-state index contributed by atoms with van der Waals surface area (Å²) in [6, 6.07) is 7.24. The largest absolute Gasteiger partial charge is 0.346 e. The van der Waals surface area contributed by atoms with Crippen LogP contribution in [0, 0.1) is 12.7 Å². The van der Waals surface area contributed by atoms with E-state index >= 15 is 0 Å². The Balaban J connectivity index is 1.44. The van der Waals surface area contributed by atoms with Gasteiger partial charge >= 0.3 is 0 Å². The van der Waals surface area contributed by atoms with Crippen molar-refractivity contribution in [3.63, 3.8) is 0 Å². The van der Waals surface area contributed by atoms with Crippen LogP contribution in [0.3, 0.4) is 0 Å². The Morgan fingerprint density at radius 3 is 2.59 bits per heavy atom. The highest BCUT2D eigenvalue weighted by Crippen LogP contribution is 2.22. The van der Waals surface area contributed by atoms with E-state index in [1.165, 1.54) is 0 Å². The normalized spacial score (nSPS) is 11.2. The SMILES string of the molecule is Cc1ccc(CCc2ncc(Cc3c[nH]c4ncc(Cl)cc34)cn2)cc1F. The highest BCUT2D eigenvalue weighted by Gasteiger charge is 2.08. The molecule has 0 bridgehead atoms. The fourth-order valence-corrected chi connectivity index (χ4v) is 3.21. The lowest BCUT2D eigenvalue weighted by Gasteiger charge is -2.04. The lowest BCUT2D eigenvalue weighted by Crippen LogP contribution is -2.00. The van der Waals surface area contributed by atoms with Gasteiger partial charge in [0, 0.05) is 43.0 Å². The van der Waals surface area contributed by atoms with Gasteiger partial charge in [-0.25, -0.2) is 19.3 Å².